The first-order valence-corrected chi connectivity index (χ1v) is 7.86. The lowest BCUT2D eigenvalue weighted by molar-refractivity contribution is 0.229. The molecule has 2 aliphatic rings. The summed E-state index contributed by atoms with van der Waals surface area (Å²) in [6.45, 7) is 7.97. The van der Waals surface area contributed by atoms with Crippen LogP contribution in [0.2, 0.25) is 0 Å². The number of fused-ring (bicyclic) bond motifs is 1. The van der Waals surface area contributed by atoms with Crippen molar-refractivity contribution in [3.63, 3.8) is 0 Å². The third kappa shape index (κ3) is 2.89. The van der Waals surface area contributed by atoms with E-state index in [1.165, 1.54) is 50.0 Å². The zero-order valence-corrected chi connectivity index (χ0v) is 12.6. The maximum Gasteiger partial charge on any atom is 0.109 e. The van der Waals surface area contributed by atoms with Gasteiger partial charge < -0.3 is 9.73 Å². The van der Waals surface area contributed by atoms with Gasteiger partial charge in [0.25, 0.3) is 0 Å². The molecule has 2 aliphatic carbocycles. The minimum absolute atomic E-state index is 0.352. The Morgan fingerprint density at radius 2 is 2.05 bits per heavy atom. The molecule has 2 nitrogen and oxygen atoms in total. The molecular formula is C17H27NO. The van der Waals surface area contributed by atoms with Gasteiger partial charge in [0, 0.05) is 18.0 Å². The van der Waals surface area contributed by atoms with Gasteiger partial charge in [-0.1, -0.05) is 26.7 Å². The molecule has 1 heterocycles. The maximum atomic E-state index is 5.90. The van der Waals surface area contributed by atoms with E-state index in [-0.39, 0.29) is 0 Å². The fraction of sp³-hybridized carbons (Fsp3) is 0.765. The number of nitrogens with one attached hydrogen (secondary N) is 1. The first-order chi connectivity index (χ1) is 9.03. The Kier molecular flexibility index (Phi) is 3.46. The highest BCUT2D eigenvalue weighted by Crippen LogP contribution is 2.42. The molecule has 0 spiro atoms. The van der Waals surface area contributed by atoms with Crippen molar-refractivity contribution in [3.8, 4) is 0 Å². The summed E-state index contributed by atoms with van der Waals surface area (Å²) in [5.74, 6) is 3.19. The summed E-state index contributed by atoms with van der Waals surface area (Å²) in [5, 5.41) is 3.83. The molecule has 1 N–H and O–H groups in total. The van der Waals surface area contributed by atoms with Gasteiger partial charge >= 0.3 is 0 Å². The Labute approximate surface area is 117 Å². The van der Waals surface area contributed by atoms with Crippen molar-refractivity contribution in [3.05, 3.63) is 23.2 Å². The average molecular weight is 261 g/mol. The van der Waals surface area contributed by atoms with Crippen LogP contribution in [0.25, 0.3) is 0 Å². The van der Waals surface area contributed by atoms with Crippen molar-refractivity contribution < 1.29 is 4.42 Å². The van der Waals surface area contributed by atoms with E-state index in [0.29, 0.717) is 11.5 Å². The van der Waals surface area contributed by atoms with Crippen LogP contribution < -0.4 is 5.32 Å². The summed E-state index contributed by atoms with van der Waals surface area (Å²) >= 11 is 0. The van der Waals surface area contributed by atoms with Gasteiger partial charge in [0.15, 0.2) is 0 Å². The molecule has 0 aliphatic heterocycles. The van der Waals surface area contributed by atoms with E-state index < -0.39 is 0 Å². The molecular weight excluding hydrogens is 234 g/mol. The monoisotopic (exact) mass is 261 g/mol. The number of rotatable bonds is 3. The molecule has 1 saturated carbocycles. The number of furan rings is 1. The minimum atomic E-state index is 0.352. The van der Waals surface area contributed by atoms with Crippen LogP contribution in [-0.4, -0.2) is 6.54 Å². The van der Waals surface area contributed by atoms with Gasteiger partial charge in [-0.15, -0.1) is 0 Å². The predicted octanol–water partition coefficient (Wildman–Crippen LogP) is 4.38. The van der Waals surface area contributed by atoms with Crippen molar-refractivity contribution in [2.75, 3.05) is 6.54 Å². The molecule has 1 unspecified atom stereocenters. The van der Waals surface area contributed by atoms with Crippen LogP contribution in [-0.2, 0) is 6.42 Å². The van der Waals surface area contributed by atoms with E-state index in [1.807, 2.05) is 0 Å². The van der Waals surface area contributed by atoms with Crippen molar-refractivity contribution in [2.45, 2.75) is 65.3 Å². The molecule has 106 valence electrons. The smallest absolute Gasteiger partial charge is 0.109 e. The third-order valence-corrected chi connectivity index (χ3v) is 4.86. The zero-order valence-electron chi connectivity index (χ0n) is 12.6. The van der Waals surface area contributed by atoms with Crippen LogP contribution in [0, 0.1) is 18.3 Å². The molecule has 3 rings (SSSR count). The van der Waals surface area contributed by atoms with Gasteiger partial charge in [-0.25, -0.2) is 0 Å². The summed E-state index contributed by atoms with van der Waals surface area (Å²) in [7, 11) is 0. The van der Waals surface area contributed by atoms with Crippen LogP contribution in [0.1, 0.15) is 69.1 Å². The zero-order chi connectivity index (χ0) is 13.5. The second kappa shape index (κ2) is 4.97. The topological polar surface area (TPSA) is 25.2 Å². The van der Waals surface area contributed by atoms with E-state index in [2.05, 4.69) is 32.2 Å². The number of hydrogen-bond donors (Lipinski definition) is 1. The molecule has 0 radical (unpaired) electrons. The predicted molar refractivity (Wildman–Crippen MR) is 78.2 cm³/mol. The first kappa shape index (κ1) is 13.2. The SMILES string of the molecule is Cc1cc2c(o1)CC(C)(C)CC2NCC1CCCC1. The summed E-state index contributed by atoms with van der Waals surface area (Å²) < 4.78 is 5.90. The van der Waals surface area contributed by atoms with E-state index in [9.17, 15) is 0 Å². The first-order valence-electron chi connectivity index (χ1n) is 7.86. The lowest BCUT2D eigenvalue weighted by atomic mass is 9.74. The fourth-order valence-corrected chi connectivity index (χ4v) is 3.89. The lowest BCUT2D eigenvalue weighted by Gasteiger charge is -2.35. The summed E-state index contributed by atoms with van der Waals surface area (Å²) in [4.78, 5) is 0. The average Bonchev–Trinajstić information content (AvgIpc) is 2.93. The highest BCUT2D eigenvalue weighted by molar-refractivity contribution is 5.29. The number of hydrogen-bond acceptors (Lipinski definition) is 2. The van der Waals surface area contributed by atoms with E-state index >= 15 is 0 Å². The Balaban J connectivity index is 1.72. The molecule has 0 bridgehead atoms. The van der Waals surface area contributed by atoms with Gasteiger partial charge in [-0.3, -0.25) is 0 Å². The second-order valence-corrected chi connectivity index (χ2v) is 7.39. The summed E-state index contributed by atoms with van der Waals surface area (Å²) in [6, 6.07) is 2.74. The molecule has 2 heteroatoms. The van der Waals surface area contributed by atoms with Crippen molar-refractivity contribution in [2.24, 2.45) is 11.3 Å². The molecule has 1 aromatic heterocycles. The molecule has 19 heavy (non-hydrogen) atoms. The fourth-order valence-electron chi connectivity index (χ4n) is 3.89. The molecule has 1 aromatic rings. The standard InChI is InChI=1S/C17H27NO/c1-12-8-14-15(18-11-13-6-4-5-7-13)9-17(2,3)10-16(14)19-12/h8,13,15,18H,4-7,9-11H2,1-3H3. The van der Waals surface area contributed by atoms with Crippen LogP contribution in [0.3, 0.4) is 0 Å². The molecule has 0 amide bonds. The largest absolute Gasteiger partial charge is 0.466 e. The Morgan fingerprint density at radius 3 is 2.79 bits per heavy atom. The van der Waals surface area contributed by atoms with Crippen molar-refractivity contribution in [1.82, 2.24) is 5.32 Å². The molecule has 0 saturated heterocycles. The van der Waals surface area contributed by atoms with Gasteiger partial charge in [0.2, 0.25) is 0 Å². The second-order valence-electron chi connectivity index (χ2n) is 7.39. The quantitative estimate of drug-likeness (QED) is 0.873. The highest BCUT2D eigenvalue weighted by Gasteiger charge is 2.34. The summed E-state index contributed by atoms with van der Waals surface area (Å²) in [5.41, 5.74) is 1.78. The van der Waals surface area contributed by atoms with E-state index in [4.69, 9.17) is 4.42 Å². The van der Waals surface area contributed by atoms with Crippen LogP contribution in [0.4, 0.5) is 0 Å². The minimum Gasteiger partial charge on any atom is -0.466 e. The highest BCUT2D eigenvalue weighted by atomic mass is 16.3. The Hall–Kier alpha value is -0.760. The van der Waals surface area contributed by atoms with Crippen molar-refractivity contribution >= 4 is 0 Å². The number of aryl methyl sites for hydroxylation is 1. The van der Waals surface area contributed by atoms with Gasteiger partial charge in [-0.05, 0) is 50.1 Å². The van der Waals surface area contributed by atoms with Gasteiger partial charge in [0.05, 0.1) is 0 Å². The van der Waals surface area contributed by atoms with Crippen LogP contribution in [0.15, 0.2) is 10.5 Å². The lowest BCUT2D eigenvalue weighted by Crippen LogP contribution is -2.34. The summed E-state index contributed by atoms with van der Waals surface area (Å²) in [6.07, 6.45) is 8.00. The third-order valence-electron chi connectivity index (χ3n) is 4.86. The van der Waals surface area contributed by atoms with Crippen LogP contribution >= 0.6 is 0 Å². The van der Waals surface area contributed by atoms with E-state index in [1.54, 1.807) is 0 Å². The molecule has 1 fully saturated rings. The normalized spacial score (nSPS) is 26.6. The van der Waals surface area contributed by atoms with E-state index in [0.717, 1.165) is 18.1 Å². The molecule has 0 aromatic carbocycles. The van der Waals surface area contributed by atoms with Gasteiger partial charge in [-0.2, -0.15) is 0 Å². The Bertz CT molecular complexity index is 440. The van der Waals surface area contributed by atoms with Crippen molar-refractivity contribution in [1.29, 1.82) is 0 Å². The Morgan fingerprint density at radius 1 is 1.32 bits per heavy atom. The maximum absolute atomic E-state index is 5.90. The molecule has 1 atom stereocenters. The van der Waals surface area contributed by atoms with Gasteiger partial charge in [0.1, 0.15) is 11.5 Å². The van der Waals surface area contributed by atoms with Crippen LogP contribution in [0.5, 0.6) is 0 Å².